The fourth-order valence-corrected chi connectivity index (χ4v) is 4.69. The predicted octanol–water partition coefficient (Wildman–Crippen LogP) is 3.94. The van der Waals surface area contributed by atoms with Gasteiger partial charge in [0.1, 0.15) is 0 Å². The molecule has 2 aliphatic carbocycles. The zero-order valence-corrected chi connectivity index (χ0v) is 13.5. The minimum absolute atomic E-state index is 0.0140. The second-order valence-corrected chi connectivity index (χ2v) is 7.18. The number of nitrogens with zero attached hydrogens (tertiary/aromatic N) is 1. The Bertz CT molecular complexity index is 846. The van der Waals surface area contributed by atoms with Gasteiger partial charge >= 0.3 is 0 Å². The van der Waals surface area contributed by atoms with Crippen LogP contribution < -0.4 is 4.90 Å². The Hall–Kier alpha value is -2.42. The average Bonchev–Trinajstić information content (AvgIpc) is 3.10. The van der Waals surface area contributed by atoms with Crippen LogP contribution in [0.1, 0.15) is 36.8 Å². The van der Waals surface area contributed by atoms with Crippen LogP contribution in [0.4, 0.5) is 5.69 Å². The molecule has 120 valence electrons. The maximum atomic E-state index is 12.8. The third-order valence-corrected chi connectivity index (χ3v) is 5.88. The van der Waals surface area contributed by atoms with Crippen LogP contribution in [-0.2, 0) is 16.0 Å². The number of fused-ring (bicyclic) bond motifs is 4. The Kier molecular flexibility index (Phi) is 2.93. The molecule has 5 rings (SSSR count). The van der Waals surface area contributed by atoms with E-state index in [1.807, 2.05) is 12.1 Å². The fourth-order valence-electron chi connectivity index (χ4n) is 4.69. The molecular weight excluding hydrogens is 298 g/mol. The molecule has 1 saturated heterocycles. The van der Waals surface area contributed by atoms with Crippen molar-refractivity contribution in [2.75, 3.05) is 4.90 Å². The molecule has 3 aliphatic rings. The third kappa shape index (κ3) is 1.84. The van der Waals surface area contributed by atoms with E-state index >= 15 is 0 Å². The quantitative estimate of drug-likeness (QED) is 0.638. The van der Waals surface area contributed by atoms with Gasteiger partial charge in [0.25, 0.3) is 0 Å². The van der Waals surface area contributed by atoms with E-state index in [1.54, 1.807) is 0 Å². The molecule has 1 saturated carbocycles. The molecule has 2 amide bonds. The molecule has 0 bridgehead atoms. The van der Waals surface area contributed by atoms with E-state index in [-0.39, 0.29) is 23.7 Å². The third-order valence-electron chi connectivity index (χ3n) is 5.88. The maximum absolute atomic E-state index is 12.8. The number of anilines is 1. The zero-order chi connectivity index (χ0) is 16.3. The SMILES string of the molecule is O=C1[C@@H]2CCCC[C@H]2C(=O)N1c1ccc2c(c1)Cc1ccccc1-2. The van der Waals surface area contributed by atoms with Gasteiger partial charge in [-0.15, -0.1) is 0 Å². The highest BCUT2D eigenvalue weighted by Crippen LogP contribution is 2.42. The number of rotatable bonds is 1. The summed E-state index contributed by atoms with van der Waals surface area (Å²) in [7, 11) is 0. The number of hydrogen-bond donors (Lipinski definition) is 0. The summed E-state index contributed by atoms with van der Waals surface area (Å²) in [5.74, 6) is -0.145. The van der Waals surface area contributed by atoms with Crippen molar-refractivity contribution in [2.45, 2.75) is 32.1 Å². The lowest BCUT2D eigenvalue weighted by Gasteiger charge is -2.19. The molecule has 0 N–H and O–H groups in total. The minimum Gasteiger partial charge on any atom is -0.274 e. The van der Waals surface area contributed by atoms with E-state index in [2.05, 4.69) is 30.3 Å². The van der Waals surface area contributed by atoms with E-state index in [1.165, 1.54) is 27.2 Å². The molecule has 2 aromatic carbocycles. The normalized spacial score (nSPS) is 24.8. The highest BCUT2D eigenvalue weighted by Gasteiger charge is 2.48. The van der Waals surface area contributed by atoms with Crippen LogP contribution in [0.15, 0.2) is 42.5 Å². The van der Waals surface area contributed by atoms with Crippen LogP contribution in [0.25, 0.3) is 11.1 Å². The molecule has 1 heterocycles. The highest BCUT2D eigenvalue weighted by molar-refractivity contribution is 6.22. The predicted molar refractivity (Wildman–Crippen MR) is 92.6 cm³/mol. The van der Waals surface area contributed by atoms with Crippen LogP contribution in [0.2, 0.25) is 0 Å². The first-order valence-corrected chi connectivity index (χ1v) is 8.83. The van der Waals surface area contributed by atoms with Crippen molar-refractivity contribution in [1.82, 2.24) is 0 Å². The molecule has 1 aliphatic heterocycles. The molecule has 24 heavy (non-hydrogen) atoms. The lowest BCUT2D eigenvalue weighted by Crippen LogP contribution is -2.30. The second-order valence-electron chi connectivity index (χ2n) is 7.18. The van der Waals surface area contributed by atoms with E-state index in [0.717, 1.165) is 37.8 Å². The number of benzene rings is 2. The summed E-state index contributed by atoms with van der Waals surface area (Å²) in [5.41, 5.74) is 5.78. The smallest absolute Gasteiger partial charge is 0.237 e. The van der Waals surface area contributed by atoms with E-state index in [0.29, 0.717) is 0 Å². The summed E-state index contributed by atoms with van der Waals surface area (Å²) in [6.45, 7) is 0. The van der Waals surface area contributed by atoms with Crippen molar-refractivity contribution in [2.24, 2.45) is 11.8 Å². The van der Waals surface area contributed by atoms with E-state index in [4.69, 9.17) is 0 Å². The Labute approximate surface area is 141 Å². The van der Waals surface area contributed by atoms with Gasteiger partial charge in [-0.05, 0) is 53.6 Å². The standard InChI is InChI=1S/C21H19NO2/c23-20-18-7-3-4-8-19(18)21(24)22(20)15-9-10-17-14(12-15)11-13-5-1-2-6-16(13)17/h1-2,5-6,9-10,12,18-19H,3-4,7-8,11H2/t18-,19-/m1/s1. The van der Waals surface area contributed by atoms with Gasteiger partial charge in [-0.25, -0.2) is 0 Å². The lowest BCUT2D eigenvalue weighted by atomic mass is 9.81. The molecule has 0 aromatic heterocycles. The van der Waals surface area contributed by atoms with Crippen molar-refractivity contribution in [3.8, 4) is 11.1 Å². The van der Waals surface area contributed by atoms with Gasteiger partial charge in [0.05, 0.1) is 17.5 Å². The topological polar surface area (TPSA) is 37.4 Å². The van der Waals surface area contributed by atoms with Crippen LogP contribution in [0.5, 0.6) is 0 Å². The van der Waals surface area contributed by atoms with Crippen LogP contribution in [0, 0.1) is 11.8 Å². The van der Waals surface area contributed by atoms with Gasteiger partial charge in [0.15, 0.2) is 0 Å². The van der Waals surface area contributed by atoms with Gasteiger partial charge in [-0.1, -0.05) is 43.2 Å². The van der Waals surface area contributed by atoms with Gasteiger partial charge in [-0.3, -0.25) is 14.5 Å². The van der Waals surface area contributed by atoms with E-state index < -0.39 is 0 Å². The molecule has 2 aromatic rings. The Balaban J connectivity index is 1.54. The van der Waals surface area contributed by atoms with Crippen LogP contribution in [-0.4, -0.2) is 11.8 Å². The van der Waals surface area contributed by atoms with E-state index in [9.17, 15) is 9.59 Å². The first-order chi connectivity index (χ1) is 11.7. The number of carbonyl (C=O) groups excluding carboxylic acids is 2. The number of imide groups is 1. The Morgan fingerprint density at radius 1 is 0.792 bits per heavy atom. The van der Waals surface area contributed by atoms with Gasteiger partial charge in [0.2, 0.25) is 11.8 Å². The highest BCUT2D eigenvalue weighted by atomic mass is 16.2. The molecule has 2 atom stereocenters. The van der Waals surface area contributed by atoms with Crippen LogP contribution >= 0.6 is 0 Å². The first kappa shape index (κ1) is 14.0. The minimum atomic E-state index is -0.0864. The van der Waals surface area contributed by atoms with Gasteiger partial charge in [-0.2, -0.15) is 0 Å². The molecule has 0 unspecified atom stereocenters. The molecule has 0 spiro atoms. The maximum Gasteiger partial charge on any atom is 0.237 e. The summed E-state index contributed by atoms with van der Waals surface area (Å²) in [5, 5.41) is 0. The Morgan fingerprint density at radius 2 is 1.46 bits per heavy atom. The van der Waals surface area contributed by atoms with Crippen molar-refractivity contribution in [3.05, 3.63) is 53.6 Å². The summed E-state index contributed by atoms with van der Waals surface area (Å²) < 4.78 is 0. The number of hydrogen-bond acceptors (Lipinski definition) is 2. The molecule has 0 radical (unpaired) electrons. The van der Waals surface area contributed by atoms with Crippen molar-refractivity contribution in [3.63, 3.8) is 0 Å². The monoisotopic (exact) mass is 317 g/mol. The fraction of sp³-hybridized carbons (Fsp3) is 0.333. The largest absolute Gasteiger partial charge is 0.274 e. The average molecular weight is 317 g/mol. The Morgan fingerprint density at radius 3 is 2.21 bits per heavy atom. The zero-order valence-electron chi connectivity index (χ0n) is 13.5. The summed E-state index contributed by atoms with van der Waals surface area (Å²) in [6, 6.07) is 14.5. The van der Waals surface area contributed by atoms with Crippen molar-refractivity contribution >= 4 is 17.5 Å². The molecule has 2 fully saturated rings. The number of carbonyl (C=O) groups is 2. The molecule has 3 heteroatoms. The lowest BCUT2D eigenvalue weighted by molar-refractivity contribution is -0.122. The van der Waals surface area contributed by atoms with Gasteiger partial charge in [0, 0.05) is 0 Å². The summed E-state index contributed by atoms with van der Waals surface area (Å²) in [6.07, 6.45) is 4.73. The summed E-state index contributed by atoms with van der Waals surface area (Å²) in [4.78, 5) is 27.0. The van der Waals surface area contributed by atoms with Gasteiger partial charge < -0.3 is 0 Å². The van der Waals surface area contributed by atoms with Crippen molar-refractivity contribution in [1.29, 1.82) is 0 Å². The van der Waals surface area contributed by atoms with Crippen LogP contribution in [0.3, 0.4) is 0 Å². The molecule has 3 nitrogen and oxygen atoms in total. The first-order valence-electron chi connectivity index (χ1n) is 8.83. The molecular formula is C21H19NO2. The number of amides is 2. The second kappa shape index (κ2) is 5.04. The summed E-state index contributed by atoms with van der Waals surface area (Å²) >= 11 is 0. The van der Waals surface area contributed by atoms with Crippen molar-refractivity contribution < 1.29 is 9.59 Å².